The molecule has 0 bridgehead atoms. The number of fused-ring (bicyclic) bond motifs is 1. The Labute approximate surface area is 131 Å². The van der Waals surface area contributed by atoms with Crippen molar-refractivity contribution in [1.29, 1.82) is 0 Å². The zero-order chi connectivity index (χ0) is 14.9. The number of anilines is 1. The second kappa shape index (κ2) is 5.46. The summed E-state index contributed by atoms with van der Waals surface area (Å²) in [6.45, 7) is 0. The fraction of sp³-hybridized carbons (Fsp3) is 0. The van der Waals surface area contributed by atoms with Gasteiger partial charge in [-0.2, -0.15) is 0 Å². The van der Waals surface area contributed by atoms with Crippen LogP contribution < -0.4 is 4.72 Å². The molecule has 0 aliphatic heterocycles. The number of hydrogen-bond acceptors (Lipinski definition) is 3. The number of sulfonamides is 1. The van der Waals surface area contributed by atoms with Crippen LogP contribution in [0.4, 0.5) is 5.69 Å². The molecule has 0 aliphatic rings. The van der Waals surface area contributed by atoms with Crippen LogP contribution in [-0.2, 0) is 10.0 Å². The number of nitrogens with zero attached hydrogens (tertiary/aromatic N) is 1. The van der Waals surface area contributed by atoms with Crippen molar-refractivity contribution in [3.8, 4) is 0 Å². The quantitative estimate of drug-likeness (QED) is 0.770. The number of rotatable bonds is 3. The molecule has 3 aromatic rings. The van der Waals surface area contributed by atoms with Crippen LogP contribution in [0.1, 0.15) is 0 Å². The Morgan fingerprint density at radius 1 is 1.00 bits per heavy atom. The van der Waals surface area contributed by atoms with Gasteiger partial charge in [-0.1, -0.05) is 40.2 Å². The number of hydrogen-bond donors (Lipinski definition) is 1. The highest BCUT2D eigenvalue weighted by Gasteiger charge is 2.18. The van der Waals surface area contributed by atoms with Gasteiger partial charge in [0.2, 0.25) is 0 Å². The molecular weight excluding hydrogens is 352 g/mol. The number of benzene rings is 2. The van der Waals surface area contributed by atoms with Crippen molar-refractivity contribution >= 4 is 42.5 Å². The summed E-state index contributed by atoms with van der Waals surface area (Å²) in [6.07, 6.45) is 1.58. The van der Waals surface area contributed by atoms with Crippen molar-refractivity contribution < 1.29 is 8.42 Å². The van der Waals surface area contributed by atoms with Crippen molar-refractivity contribution in [3.05, 3.63) is 65.3 Å². The maximum absolute atomic E-state index is 12.6. The summed E-state index contributed by atoms with van der Waals surface area (Å²) in [5, 5.41) is 0.787. The van der Waals surface area contributed by atoms with Crippen LogP contribution >= 0.6 is 15.9 Å². The van der Waals surface area contributed by atoms with E-state index in [-0.39, 0.29) is 4.90 Å². The van der Waals surface area contributed by atoms with Gasteiger partial charge >= 0.3 is 0 Å². The largest absolute Gasteiger partial charge is 0.280 e. The zero-order valence-electron chi connectivity index (χ0n) is 10.8. The molecule has 0 amide bonds. The molecule has 0 fully saturated rings. The number of aromatic nitrogens is 1. The van der Waals surface area contributed by atoms with Gasteiger partial charge in [0.15, 0.2) is 0 Å². The molecule has 4 nitrogen and oxygen atoms in total. The van der Waals surface area contributed by atoms with E-state index in [4.69, 9.17) is 0 Å². The minimum absolute atomic E-state index is 0.167. The molecule has 1 aromatic heterocycles. The van der Waals surface area contributed by atoms with E-state index in [0.29, 0.717) is 11.2 Å². The van der Waals surface area contributed by atoms with Crippen LogP contribution in [-0.4, -0.2) is 13.4 Å². The van der Waals surface area contributed by atoms with E-state index in [2.05, 4.69) is 25.6 Å². The van der Waals surface area contributed by atoms with Gasteiger partial charge in [-0.15, -0.1) is 0 Å². The van der Waals surface area contributed by atoms with E-state index in [0.717, 1.165) is 9.86 Å². The second-order valence-corrected chi connectivity index (χ2v) is 7.01. The fourth-order valence-electron chi connectivity index (χ4n) is 2.06. The molecule has 21 heavy (non-hydrogen) atoms. The molecule has 0 spiro atoms. The average molecular weight is 363 g/mol. The molecule has 0 radical (unpaired) electrons. The first-order chi connectivity index (χ1) is 10.1. The normalized spacial score (nSPS) is 11.5. The Kier molecular flexibility index (Phi) is 3.65. The van der Waals surface area contributed by atoms with Crippen LogP contribution in [0.5, 0.6) is 0 Å². The maximum atomic E-state index is 12.6. The predicted octanol–water partition coefficient (Wildman–Crippen LogP) is 3.80. The number of para-hydroxylation sites is 1. The standard InChI is InChI=1S/C15H11BrN2O2S/c16-12-6-2-7-13(10-12)18-21(19,20)14-8-1-4-11-5-3-9-17-15(11)14/h1-10,18H. The van der Waals surface area contributed by atoms with E-state index in [1.165, 1.54) is 0 Å². The molecule has 3 rings (SSSR count). The summed E-state index contributed by atoms with van der Waals surface area (Å²) in [5.74, 6) is 0. The lowest BCUT2D eigenvalue weighted by Crippen LogP contribution is -2.13. The lowest BCUT2D eigenvalue weighted by Gasteiger charge is -2.10. The zero-order valence-corrected chi connectivity index (χ0v) is 13.2. The molecule has 0 saturated heterocycles. The minimum atomic E-state index is -3.69. The van der Waals surface area contributed by atoms with Gasteiger partial charge in [0.1, 0.15) is 4.90 Å². The lowest BCUT2D eigenvalue weighted by atomic mass is 10.2. The van der Waals surface area contributed by atoms with E-state index in [1.54, 1.807) is 42.6 Å². The molecule has 0 saturated carbocycles. The first kappa shape index (κ1) is 14.0. The van der Waals surface area contributed by atoms with Crippen LogP contribution in [0.2, 0.25) is 0 Å². The number of pyridine rings is 1. The van der Waals surface area contributed by atoms with Crippen LogP contribution in [0.25, 0.3) is 10.9 Å². The predicted molar refractivity (Wildman–Crippen MR) is 86.7 cm³/mol. The molecule has 6 heteroatoms. The van der Waals surface area contributed by atoms with Crippen molar-refractivity contribution in [2.24, 2.45) is 0 Å². The van der Waals surface area contributed by atoms with Crippen LogP contribution in [0.3, 0.4) is 0 Å². The van der Waals surface area contributed by atoms with E-state index < -0.39 is 10.0 Å². The summed E-state index contributed by atoms with van der Waals surface area (Å²) < 4.78 is 28.5. The molecule has 0 unspecified atom stereocenters. The topological polar surface area (TPSA) is 59.1 Å². The van der Waals surface area contributed by atoms with Gasteiger partial charge in [-0.25, -0.2) is 8.42 Å². The molecule has 0 atom stereocenters. The Hall–Kier alpha value is -1.92. The van der Waals surface area contributed by atoms with Gasteiger partial charge in [0.05, 0.1) is 5.52 Å². The van der Waals surface area contributed by atoms with Gasteiger partial charge in [0, 0.05) is 21.7 Å². The van der Waals surface area contributed by atoms with Crippen molar-refractivity contribution in [3.63, 3.8) is 0 Å². The molecule has 1 N–H and O–H groups in total. The van der Waals surface area contributed by atoms with Crippen molar-refractivity contribution in [1.82, 2.24) is 4.98 Å². The number of nitrogens with one attached hydrogen (secondary N) is 1. The summed E-state index contributed by atoms with van der Waals surface area (Å²) in [5.41, 5.74) is 0.958. The summed E-state index contributed by atoms with van der Waals surface area (Å²) in [7, 11) is -3.69. The monoisotopic (exact) mass is 362 g/mol. The Morgan fingerprint density at radius 2 is 1.76 bits per heavy atom. The highest BCUT2D eigenvalue weighted by atomic mass is 79.9. The highest BCUT2D eigenvalue weighted by Crippen LogP contribution is 2.24. The second-order valence-electron chi connectivity index (χ2n) is 4.45. The van der Waals surface area contributed by atoms with Crippen molar-refractivity contribution in [2.75, 3.05) is 4.72 Å². The third kappa shape index (κ3) is 2.91. The molecule has 2 aromatic carbocycles. The van der Waals surface area contributed by atoms with Gasteiger partial charge < -0.3 is 0 Å². The molecule has 106 valence electrons. The van der Waals surface area contributed by atoms with Gasteiger partial charge in [0.25, 0.3) is 10.0 Å². The first-order valence-corrected chi connectivity index (χ1v) is 8.46. The summed E-state index contributed by atoms with van der Waals surface area (Å²) >= 11 is 3.32. The first-order valence-electron chi connectivity index (χ1n) is 6.18. The van der Waals surface area contributed by atoms with E-state index >= 15 is 0 Å². The summed E-state index contributed by atoms with van der Waals surface area (Å²) in [6, 6.07) is 15.7. The van der Waals surface area contributed by atoms with Gasteiger partial charge in [-0.05, 0) is 30.3 Å². The number of halogens is 1. The van der Waals surface area contributed by atoms with E-state index in [1.807, 2.05) is 18.2 Å². The van der Waals surface area contributed by atoms with Gasteiger partial charge in [-0.3, -0.25) is 9.71 Å². The van der Waals surface area contributed by atoms with Crippen LogP contribution in [0.15, 0.2) is 70.2 Å². The Bertz CT molecular complexity index is 905. The molecule has 1 heterocycles. The minimum Gasteiger partial charge on any atom is -0.280 e. The highest BCUT2D eigenvalue weighted by molar-refractivity contribution is 9.10. The Balaban J connectivity index is 2.09. The third-order valence-electron chi connectivity index (χ3n) is 2.96. The average Bonchev–Trinajstić information content (AvgIpc) is 2.46. The van der Waals surface area contributed by atoms with Crippen molar-refractivity contribution in [2.45, 2.75) is 4.90 Å². The molecule has 0 aliphatic carbocycles. The van der Waals surface area contributed by atoms with Crippen LogP contribution in [0, 0.1) is 0 Å². The van der Waals surface area contributed by atoms with E-state index in [9.17, 15) is 8.42 Å². The molecular formula is C15H11BrN2O2S. The third-order valence-corrected chi connectivity index (χ3v) is 4.87. The maximum Gasteiger partial charge on any atom is 0.264 e. The smallest absolute Gasteiger partial charge is 0.264 e. The Morgan fingerprint density at radius 3 is 2.57 bits per heavy atom. The summed E-state index contributed by atoms with van der Waals surface area (Å²) in [4.78, 5) is 4.35. The SMILES string of the molecule is O=S(=O)(Nc1cccc(Br)c1)c1cccc2cccnc12. The fourth-order valence-corrected chi connectivity index (χ4v) is 3.68. The lowest BCUT2D eigenvalue weighted by molar-refractivity contribution is 0.602.